The lowest BCUT2D eigenvalue weighted by atomic mass is 10.2. The summed E-state index contributed by atoms with van der Waals surface area (Å²) < 4.78 is 35.2. The van der Waals surface area contributed by atoms with Crippen molar-refractivity contribution in [3.63, 3.8) is 0 Å². The van der Waals surface area contributed by atoms with Gasteiger partial charge in [0.2, 0.25) is 0 Å². The fourth-order valence-corrected chi connectivity index (χ4v) is 0.396. The van der Waals surface area contributed by atoms with Gasteiger partial charge in [-0.15, -0.1) is 0 Å². The highest BCUT2D eigenvalue weighted by molar-refractivity contribution is 5.75. The van der Waals surface area contributed by atoms with Gasteiger partial charge < -0.3 is 5.11 Å². The molecule has 0 unspecified atom stereocenters. The molecule has 0 spiro atoms. The molecule has 0 fully saturated rings. The van der Waals surface area contributed by atoms with Crippen LogP contribution in [0.3, 0.4) is 0 Å². The van der Waals surface area contributed by atoms with Crippen LogP contribution in [0.15, 0.2) is 0 Å². The molecule has 0 heterocycles. The van der Waals surface area contributed by atoms with Crippen LogP contribution in [0.5, 0.6) is 0 Å². The largest absolute Gasteiger partial charge is 0.477 e. The molecule has 0 radical (unpaired) electrons. The van der Waals surface area contributed by atoms with E-state index in [4.69, 9.17) is 5.11 Å². The Kier molecular flexibility index (Phi) is 3.18. The first-order chi connectivity index (χ1) is 4.50. The van der Waals surface area contributed by atoms with Crippen molar-refractivity contribution < 1.29 is 23.1 Å². The fourth-order valence-electron chi connectivity index (χ4n) is 0.396. The number of carbonyl (C=O) groups is 1. The molecule has 0 aliphatic heterocycles. The van der Waals surface area contributed by atoms with E-state index in [2.05, 4.69) is 0 Å². The van der Waals surface area contributed by atoms with Crippen LogP contribution in [-0.2, 0) is 4.79 Å². The Hall–Kier alpha value is -0.740. The van der Waals surface area contributed by atoms with E-state index >= 15 is 0 Å². The quantitative estimate of drug-likeness (QED) is 0.668. The molecule has 0 bridgehead atoms. The van der Waals surface area contributed by atoms with Crippen LogP contribution in [0, 0.1) is 0 Å². The first kappa shape index (κ1) is 9.26. The third-order valence-corrected chi connectivity index (χ3v) is 0.937. The van der Waals surface area contributed by atoms with Gasteiger partial charge in [-0.05, 0) is 6.42 Å². The zero-order valence-corrected chi connectivity index (χ0v) is 5.11. The van der Waals surface area contributed by atoms with Gasteiger partial charge in [0.15, 0.2) is 0 Å². The van der Waals surface area contributed by atoms with Crippen LogP contribution >= 0.6 is 0 Å². The van der Waals surface area contributed by atoms with Crippen molar-refractivity contribution in [3.05, 3.63) is 0 Å². The molecule has 0 saturated carbocycles. The lowest BCUT2D eigenvalue weighted by Gasteiger charge is -2.07. The Balaban J connectivity index is 3.75. The molecule has 60 valence electrons. The zero-order valence-electron chi connectivity index (χ0n) is 5.11. The molecular weight excluding hydrogens is 149 g/mol. The van der Waals surface area contributed by atoms with Crippen molar-refractivity contribution in [1.29, 1.82) is 0 Å². The minimum atomic E-state index is -3.77. The maximum absolute atomic E-state index is 12.0. The summed E-state index contributed by atoms with van der Waals surface area (Å²) in [5, 5.41) is 7.80. The summed E-state index contributed by atoms with van der Waals surface area (Å²) >= 11 is 0. The molecule has 0 atom stereocenters. The SMILES string of the molecule is O=C(O)C(F)(F)CCCF. The van der Waals surface area contributed by atoms with Crippen molar-refractivity contribution in [1.82, 2.24) is 0 Å². The number of halogens is 3. The molecule has 0 aliphatic rings. The Morgan fingerprint density at radius 1 is 1.50 bits per heavy atom. The van der Waals surface area contributed by atoms with Crippen LogP contribution in [0.25, 0.3) is 0 Å². The van der Waals surface area contributed by atoms with Gasteiger partial charge in [0.25, 0.3) is 0 Å². The van der Waals surface area contributed by atoms with E-state index in [1.54, 1.807) is 0 Å². The average molecular weight is 156 g/mol. The number of carboxylic acid groups (broad SMARTS) is 1. The van der Waals surface area contributed by atoms with Gasteiger partial charge in [0, 0.05) is 6.42 Å². The number of carboxylic acids is 1. The van der Waals surface area contributed by atoms with Crippen molar-refractivity contribution in [3.8, 4) is 0 Å². The van der Waals surface area contributed by atoms with Crippen LogP contribution < -0.4 is 0 Å². The Bertz CT molecular complexity index is 124. The lowest BCUT2D eigenvalue weighted by molar-refractivity contribution is -0.165. The normalized spacial score (nSPS) is 11.5. The zero-order chi connectivity index (χ0) is 8.20. The van der Waals surface area contributed by atoms with Crippen molar-refractivity contribution in [2.75, 3.05) is 6.67 Å². The molecule has 0 aliphatic carbocycles. The second kappa shape index (κ2) is 3.43. The Morgan fingerprint density at radius 3 is 2.30 bits per heavy atom. The Labute approximate surface area is 55.7 Å². The van der Waals surface area contributed by atoms with E-state index in [9.17, 15) is 18.0 Å². The molecule has 0 aromatic carbocycles. The number of rotatable bonds is 4. The second-order valence-electron chi connectivity index (χ2n) is 1.80. The first-order valence-corrected chi connectivity index (χ1v) is 2.68. The van der Waals surface area contributed by atoms with Gasteiger partial charge in [-0.1, -0.05) is 0 Å². The van der Waals surface area contributed by atoms with E-state index in [-0.39, 0.29) is 0 Å². The highest BCUT2D eigenvalue weighted by Crippen LogP contribution is 2.19. The maximum atomic E-state index is 12.0. The van der Waals surface area contributed by atoms with Crippen LogP contribution in [0.1, 0.15) is 12.8 Å². The summed E-state index contributed by atoms with van der Waals surface area (Å²) in [4.78, 5) is 9.65. The van der Waals surface area contributed by atoms with Gasteiger partial charge >= 0.3 is 11.9 Å². The van der Waals surface area contributed by atoms with Gasteiger partial charge in [-0.25, -0.2) is 4.79 Å². The van der Waals surface area contributed by atoms with E-state index < -0.39 is 31.4 Å². The standard InChI is InChI=1S/C5H7F3O2/c6-3-1-2-5(7,8)4(9)10/h1-3H2,(H,9,10). The van der Waals surface area contributed by atoms with Crippen LogP contribution in [-0.4, -0.2) is 23.7 Å². The maximum Gasteiger partial charge on any atom is 0.374 e. The lowest BCUT2D eigenvalue weighted by Crippen LogP contribution is -2.27. The number of alkyl halides is 3. The summed E-state index contributed by atoms with van der Waals surface area (Å²) in [6.07, 6.45) is -1.35. The van der Waals surface area contributed by atoms with E-state index in [1.165, 1.54) is 0 Å². The molecule has 5 heteroatoms. The molecule has 0 aromatic heterocycles. The Morgan fingerprint density at radius 2 is 2.00 bits per heavy atom. The molecule has 1 N–H and O–H groups in total. The van der Waals surface area contributed by atoms with Crippen molar-refractivity contribution in [2.24, 2.45) is 0 Å². The summed E-state index contributed by atoms with van der Waals surface area (Å²) in [6, 6.07) is 0. The van der Waals surface area contributed by atoms with E-state index in [0.29, 0.717) is 0 Å². The number of aliphatic carboxylic acids is 1. The summed E-state index contributed by atoms with van der Waals surface area (Å²) in [5.41, 5.74) is 0. The molecule has 0 rings (SSSR count). The highest BCUT2D eigenvalue weighted by Gasteiger charge is 2.37. The van der Waals surface area contributed by atoms with Crippen LogP contribution in [0.2, 0.25) is 0 Å². The average Bonchev–Trinajstić information content (AvgIpc) is 1.84. The second-order valence-corrected chi connectivity index (χ2v) is 1.80. The summed E-state index contributed by atoms with van der Waals surface area (Å²) in [5.74, 6) is -5.97. The summed E-state index contributed by atoms with van der Waals surface area (Å²) in [7, 11) is 0. The monoisotopic (exact) mass is 156 g/mol. The molecular formula is C5H7F3O2. The molecule has 0 aromatic rings. The predicted molar refractivity (Wildman–Crippen MR) is 27.8 cm³/mol. The topological polar surface area (TPSA) is 37.3 Å². The van der Waals surface area contributed by atoms with E-state index in [1.807, 2.05) is 0 Å². The van der Waals surface area contributed by atoms with Crippen LogP contribution in [0.4, 0.5) is 13.2 Å². The van der Waals surface area contributed by atoms with Gasteiger partial charge in [-0.2, -0.15) is 8.78 Å². The van der Waals surface area contributed by atoms with Gasteiger partial charge in [-0.3, -0.25) is 4.39 Å². The third-order valence-electron chi connectivity index (χ3n) is 0.937. The first-order valence-electron chi connectivity index (χ1n) is 2.68. The van der Waals surface area contributed by atoms with Gasteiger partial charge in [0.05, 0.1) is 6.67 Å². The third kappa shape index (κ3) is 2.70. The molecule has 0 saturated heterocycles. The fraction of sp³-hybridized carbons (Fsp3) is 0.800. The smallest absolute Gasteiger partial charge is 0.374 e. The van der Waals surface area contributed by atoms with E-state index in [0.717, 1.165) is 0 Å². The molecule has 0 amide bonds. The van der Waals surface area contributed by atoms with Gasteiger partial charge in [0.1, 0.15) is 0 Å². The predicted octanol–water partition coefficient (Wildman–Crippen LogP) is 1.46. The molecule has 10 heavy (non-hydrogen) atoms. The number of hydrogen-bond donors (Lipinski definition) is 1. The summed E-state index contributed by atoms with van der Waals surface area (Å²) in [6.45, 7) is -0.914. The minimum absolute atomic E-state index is 0.417. The van der Waals surface area contributed by atoms with Crippen molar-refractivity contribution >= 4 is 5.97 Å². The minimum Gasteiger partial charge on any atom is -0.477 e. The number of hydrogen-bond acceptors (Lipinski definition) is 1. The van der Waals surface area contributed by atoms with Crippen molar-refractivity contribution in [2.45, 2.75) is 18.8 Å². The highest BCUT2D eigenvalue weighted by atomic mass is 19.3. The molecule has 2 nitrogen and oxygen atoms in total.